The van der Waals surface area contributed by atoms with Gasteiger partial charge in [-0.25, -0.2) is 4.98 Å². The summed E-state index contributed by atoms with van der Waals surface area (Å²) >= 11 is 7.18. The Morgan fingerprint density at radius 1 is 0.949 bits per heavy atom. The van der Waals surface area contributed by atoms with Gasteiger partial charge in [-0.2, -0.15) is 18.4 Å². The van der Waals surface area contributed by atoms with E-state index in [-0.39, 0.29) is 93.2 Å². The minimum Gasteiger partial charge on any atom is -0.491 e. The van der Waals surface area contributed by atoms with Gasteiger partial charge in [-0.05, 0) is 124 Å². The summed E-state index contributed by atoms with van der Waals surface area (Å²) in [7, 11) is 0. The molecule has 21 heteroatoms. The number of likely N-dealkylation sites (tertiary alicyclic amines) is 1. The van der Waals surface area contributed by atoms with Crippen molar-refractivity contribution in [2.45, 2.75) is 116 Å². The monoisotopic (exact) mass is 1110 g/mol. The van der Waals surface area contributed by atoms with Crippen LogP contribution >= 0.6 is 23.6 Å². The Morgan fingerprint density at radius 2 is 1.64 bits per heavy atom. The van der Waals surface area contributed by atoms with Crippen molar-refractivity contribution in [1.82, 2.24) is 20.1 Å². The highest BCUT2D eigenvalue weighted by Gasteiger charge is 2.51. The summed E-state index contributed by atoms with van der Waals surface area (Å²) in [5.41, 5.74) is 3.10. The van der Waals surface area contributed by atoms with Gasteiger partial charge < -0.3 is 44.1 Å². The number of aryl methyl sites for hydroxylation is 1. The number of hydrogen-bond donors (Lipinski definition) is 2. The lowest BCUT2D eigenvalue weighted by molar-refractivity contribution is -0.143. The van der Waals surface area contributed by atoms with Gasteiger partial charge in [0.1, 0.15) is 42.3 Å². The SMILES string of the molecule is Cc1ncsc1-c1ccc(CNC(=O)[C@@H]2C[C@@H](O)CN2C(=O)[C@H](C(C)C)N2Cc3ccccc3C2=O)c(OCCOC2CCCC2OCCOc2ccc(N3C(=S)N(c4ccc(C#N)c(C(F)(F)F)c4)C(=O)C3(C)C)cc2)c1. The van der Waals surface area contributed by atoms with Gasteiger partial charge in [0.2, 0.25) is 11.8 Å². The quantitative estimate of drug-likeness (QED) is 0.0592. The van der Waals surface area contributed by atoms with Gasteiger partial charge in [0.25, 0.3) is 11.8 Å². The Hall–Kier alpha value is -6.96. The number of thiazole rings is 1. The summed E-state index contributed by atoms with van der Waals surface area (Å²) in [6.07, 6.45) is -3.53. The molecule has 3 fully saturated rings. The molecule has 1 saturated carbocycles. The molecule has 4 aliphatic rings. The van der Waals surface area contributed by atoms with Crippen LogP contribution in [0.15, 0.2) is 90.4 Å². The topological polar surface area (TPSA) is 187 Å². The molecule has 16 nitrogen and oxygen atoms in total. The molecule has 0 radical (unpaired) electrons. The lowest BCUT2D eigenvalue weighted by Crippen LogP contribution is -2.55. The van der Waals surface area contributed by atoms with E-state index in [0.29, 0.717) is 28.3 Å². The fourth-order valence-corrected chi connectivity index (χ4v) is 12.1. The molecule has 2 N–H and O–H groups in total. The lowest BCUT2D eigenvalue weighted by atomic mass is 10.0. The Bertz CT molecular complexity index is 3130. The fourth-order valence-electron chi connectivity index (χ4n) is 10.7. The van der Waals surface area contributed by atoms with Crippen LogP contribution in [0.25, 0.3) is 10.4 Å². The molecule has 2 unspecified atom stereocenters. The minimum atomic E-state index is -4.81. The average Bonchev–Trinajstić information content (AvgIpc) is 4.39. The van der Waals surface area contributed by atoms with Gasteiger partial charge >= 0.3 is 6.18 Å². The molecule has 78 heavy (non-hydrogen) atoms. The summed E-state index contributed by atoms with van der Waals surface area (Å²) in [5, 5.41) is 23.1. The number of aromatic nitrogens is 1. The molecule has 3 aliphatic heterocycles. The summed E-state index contributed by atoms with van der Waals surface area (Å²) in [6.45, 7) is 10.2. The Balaban J connectivity index is 0.770. The van der Waals surface area contributed by atoms with E-state index in [1.807, 2.05) is 51.1 Å². The van der Waals surface area contributed by atoms with Gasteiger partial charge in [0, 0.05) is 42.9 Å². The van der Waals surface area contributed by atoms with Gasteiger partial charge in [-0.3, -0.25) is 24.1 Å². The number of carbonyl (C=O) groups excluding carboxylic acids is 4. The number of rotatable bonds is 19. The van der Waals surface area contributed by atoms with E-state index >= 15 is 0 Å². The van der Waals surface area contributed by atoms with Crippen molar-refractivity contribution < 1.29 is 56.4 Å². The van der Waals surface area contributed by atoms with Crippen LogP contribution in [-0.4, -0.2) is 118 Å². The van der Waals surface area contributed by atoms with E-state index in [1.165, 1.54) is 22.3 Å². The second-order valence-electron chi connectivity index (χ2n) is 20.6. The lowest BCUT2D eigenvalue weighted by Gasteiger charge is -2.35. The summed E-state index contributed by atoms with van der Waals surface area (Å²) in [5.74, 6) is -0.770. The van der Waals surface area contributed by atoms with Crippen LogP contribution < -0.4 is 24.6 Å². The van der Waals surface area contributed by atoms with Crippen molar-refractivity contribution in [2.24, 2.45) is 5.92 Å². The number of carbonyl (C=O) groups is 4. The molecule has 4 amide bonds. The third kappa shape index (κ3) is 11.5. The molecule has 2 saturated heterocycles. The van der Waals surface area contributed by atoms with Crippen LogP contribution in [0, 0.1) is 24.2 Å². The first kappa shape index (κ1) is 55.8. The van der Waals surface area contributed by atoms with E-state index in [1.54, 1.807) is 71.6 Å². The number of nitrogens with zero attached hydrogens (tertiary/aromatic N) is 6. The Labute approximate surface area is 459 Å². The number of halogens is 3. The number of amides is 4. The number of benzene rings is 4. The van der Waals surface area contributed by atoms with Crippen molar-refractivity contribution >= 4 is 63.7 Å². The van der Waals surface area contributed by atoms with Crippen LogP contribution in [0.4, 0.5) is 24.5 Å². The van der Waals surface area contributed by atoms with Crippen molar-refractivity contribution in [3.05, 3.63) is 124 Å². The maximum Gasteiger partial charge on any atom is 0.417 e. The number of anilines is 2. The smallest absolute Gasteiger partial charge is 0.417 e. The van der Waals surface area contributed by atoms with E-state index in [9.17, 15) is 42.7 Å². The maximum atomic E-state index is 14.3. The van der Waals surface area contributed by atoms with E-state index in [0.717, 1.165) is 58.0 Å². The van der Waals surface area contributed by atoms with Crippen molar-refractivity contribution in [2.75, 3.05) is 42.8 Å². The van der Waals surface area contributed by atoms with E-state index < -0.39 is 52.8 Å². The summed E-state index contributed by atoms with van der Waals surface area (Å²) in [6, 6.07) is 22.7. The number of alkyl halides is 3. The Morgan fingerprint density at radius 3 is 2.29 bits per heavy atom. The molecule has 4 aromatic carbocycles. The highest BCUT2D eigenvalue weighted by molar-refractivity contribution is 7.81. The van der Waals surface area contributed by atoms with Crippen LogP contribution in [-0.2, 0) is 43.1 Å². The number of nitrogens with one attached hydrogen (secondary N) is 1. The normalized spacial score (nSPS) is 20.4. The number of thiocarbonyl (C=S) groups is 1. The number of aliphatic hydroxyl groups is 1. The van der Waals surface area contributed by atoms with Gasteiger partial charge in [-0.15, -0.1) is 11.3 Å². The fraction of sp³-hybridized carbons (Fsp3) is 0.421. The predicted octanol–water partition coefficient (Wildman–Crippen LogP) is 8.60. The minimum absolute atomic E-state index is 0.0149. The van der Waals surface area contributed by atoms with Crippen molar-refractivity contribution in [3.63, 3.8) is 0 Å². The zero-order valence-electron chi connectivity index (χ0n) is 43.7. The number of nitriles is 1. The van der Waals surface area contributed by atoms with Gasteiger partial charge in [0.15, 0.2) is 5.11 Å². The first-order chi connectivity index (χ1) is 37.3. The third-order valence-electron chi connectivity index (χ3n) is 14.7. The molecular formula is C57H60F3N7O9S2. The molecule has 5 atom stereocenters. The van der Waals surface area contributed by atoms with Crippen LogP contribution in [0.1, 0.15) is 91.7 Å². The number of fused-ring (bicyclic) bond motifs is 1. The zero-order valence-corrected chi connectivity index (χ0v) is 45.4. The first-order valence-electron chi connectivity index (χ1n) is 25.8. The van der Waals surface area contributed by atoms with Crippen molar-refractivity contribution in [1.29, 1.82) is 5.26 Å². The second kappa shape index (κ2) is 23.2. The second-order valence-corrected chi connectivity index (χ2v) is 21.8. The molecular weight excluding hydrogens is 1050 g/mol. The first-order valence-corrected chi connectivity index (χ1v) is 27.1. The van der Waals surface area contributed by atoms with Crippen LogP contribution in [0.5, 0.6) is 11.5 Å². The molecule has 0 bridgehead atoms. The summed E-state index contributed by atoms with van der Waals surface area (Å²) < 4.78 is 66.4. The van der Waals surface area contributed by atoms with Gasteiger partial charge in [-0.1, -0.05) is 44.2 Å². The standard InChI is InChI=1S/C57H60F3N7O9S2/c1-33(2)49(65-30-38-9-6-7-10-43(38)52(65)70)53(71)64-31-41(68)27-45(64)51(69)62-29-37-14-13-35(50-34(3)63-32-78-50)25-48(37)76-24-23-75-47-12-8-11-46(47)74-22-21-73-42-19-17-39(18-20-42)67-55(77)66(54(72)56(67,4)5)40-16-15-36(28-61)44(26-40)57(58,59)60/h6-7,9-10,13-20,25-26,32-33,41,45-47,49,68H,8,11-12,21-24,27,29-31H2,1-5H3,(H,62,69)/t41-,45+,46?,47?,49+/m1/s1. The number of hydrogen-bond acceptors (Lipinski definition) is 13. The molecule has 9 rings (SSSR count). The zero-order chi connectivity index (χ0) is 55.6. The highest BCUT2D eigenvalue weighted by Crippen LogP contribution is 2.41. The Kier molecular flexibility index (Phi) is 16.6. The predicted molar refractivity (Wildman–Crippen MR) is 289 cm³/mol. The number of β-amino-alcohol motifs (C(OH)–C–C–N with tert-alkyl or cyclic N) is 1. The molecule has 4 heterocycles. The number of aliphatic hydroxyl groups excluding tert-OH is 1. The van der Waals surface area contributed by atoms with E-state index in [4.69, 9.17) is 31.2 Å². The molecule has 0 spiro atoms. The molecule has 1 aromatic heterocycles. The summed E-state index contributed by atoms with van der Waals surface area (Å²) in [4.78, 5) is 66.5. The van der Waals surface area contributed by atoms with Crippen LogP contribution in [0.3, 0.4) is 0 Å². The van der Waals surface area contributed by atoms with Crippen molar-refractivity contribution in [3.8, 4) is 28.0 Å². The molecule has 410 valence electrons. The number of ether oxygens (including phenoxy) is 4. The maximum absolute atomic E-state index is 14.3. The average molecular weight is 1110 g/mol. The third-order valence-corrected chi connectivity index (χ3v) is 16.0. The van der Waals surface area contributed by atoms with E-state index in [2.05, 4.69) is 10.3 Å². The molecule has 1 aliphatic carbocycles. The van der Waals surface area contributed by atoms with Gasteiger partial charge in [0.05, 0.1) is 70.5 Å². The molecule has 5 aromatic rings. The van der Waals surface area contributed by atoms with Crippen LogP contribution in [0.2, 0.25) is 0 Å². The largest absolute Gasteiger partial charge is 0.491 e. The highest BCUT2D eigenvalue weighted by atomic mass is 32.1.